The molecule has 0 spiro atoms. The molecule has 19 heavy (non-hydrogen) atoms. The number of aromatic nitrogens is 1. The number of nitrogen functional groups attached to an aromatic ring is 1. The fourth-order valence-electron chi connectivity index (χ4n) is 2.23. The van der Waals surface area contributed by atoms with Gasteiger partial charge in [-0.25, -0.2) is 4.79 Å². The number of hydrogen-bond donors (Lipinski definition) is 1. The number of methoxy groups -OCH3 is 1. The van der Waals surface area contributed by atoms with E-state index < -0.39 is 0 Å². The zero-order chi connectivity index (χ0) is 14.0. The Balaban J connectivity index is 2.62. The lowest BCUT2D eigenvalue weighted by Gasteiger charge is -2.17. The number of ether oxygens (including phenoxy) is 1. The first-order chi connectivity index (χ1) is 9.06. The normalized spacial score (nSPS) is 10.7. The van der Waals surface area contributed by atoms with E-state index in [0.717, 1.165) is 11.3 Å². The summed E-state index contributed by atoms with van der Waals surface area (Å²) < 4.78 is 6.76. The van der Waals surface area contributed by atoms with Crippen molar-refractivity contribution in [3.63, 3.8) is 0 Å². The van der Waals surface area contributed by atoms with Crippen molar-refractivity contribution in [1.82, 2.24) is 4.57 Å². The van der Waals surface area contributed by atoms with Crippen LogP contribution in [0.1, 0.15) is 30.4 Å². The van der Waals surface area contributed by atoms with Crippen molar-refractivity contribution in [3.05, 3.63) is 42.1 Å². The van der Waals surface area contributed by atoms with Crippen molar-refractivity contribution in [2.24, 2.45) is 0 Å². The second-order valence-electron chi connectivity index (χ2n) is 4.65. The van der Waals surface area contributed by atoms with Crippen LogP contribution in [-0.2, 0) is 4.74 Å². The SMILES string of the molecule is COC(=O)c1ccc(-c2ccccc2N)n1C(C)C. The number of anilines is 1. The van der Waals surface area contributed by atoms with Crippen LogP contribution in [0.3, 0.4) is 0 Å². The van der Waals surface area contributed by atoms with Crippen LogP contribution in [-0.4, -0.2) is 17.6 Å². The van der Waals surface area contributed by atoms with Crippen LogP contribution in [0.5, 0.6) is 0 Å². The summed E-state index contributed by atoms with van der Waals surface area (Å²) in [6.45, 7) is 4.05. The molecule has 0 fully saturated rings. The highest BCUT2D eigenvalue weighted by atomic mass is 16.5. The Bertz CT molecular complexity index is 600. The molecule has 2 aromatic rings. The van der Waals surface area contributed by atoms with E-state index in [2.05, 4.69) is 0 Å². The van der Waals surface area contributed by atoms with Crippen LogP contribution >= 0.6 is 0 Å². The lowest BCUT2D eigenvalue weighted by atomic mass is 10.1. The van der Waals surface area contributed by atoms with Crippen LogP contribution in [0.25, 0.3) is 11.3 Å². The molecule has 2 rings (SSSR count). The highest BCUT2D eigenvalue weighted by Gasteiger charge is 2.19. The minimum Gasteiger partial charge on any atom is -0.464 e. The van der Waals surface area contributed by atoms with Crippen LogP contribution < -0.4 is 5.73 Å². The number of esters is 1. The second kappa shape index (κ2) is 5.18. The van der Waals surface area contributed by atoms with Crippen LogP contribution in [0.2, 0.25) is 0 Å². The number of hydrogen-bond acceptors (Lipinski definition) is 3. The summed E-state index contributed by atoms with van der Waals surface area (Å²) >= 11 is 0. The summed E-state index contributed by atoms with van der Waals surface area (Å²) in [6, 6.07) is 11.4. The first kappa shape index (κ1) is 13.2. The molecule has 1 aromatic heterocycles. The average molecular weight is 258 g/mol. The summed E-state index contributed by atoms with van der Waals surface area (Å²) in [5.41, 5.74) is 9.09. The monoisotopic (exact) mass is 258 g/mol. The minimum atomic E-state index is -0.338. The number of nitrogens with two attached hydrogens (primary N) is 1. The maximum atomic E-state index is 11.8. The molecule has 0 amide bonds. The predicted octanol–water partition coefficient (Wildman–Crippen LogP) is 3.10. The lowest BCUT2D eigenvalue weighted by molar-refractivity contribution is 0.0587. The molecule has 1 heterocycles. The van der Waals surface area contributed by atoms with E-state index in [9.17, 15) is 4.79 Å². The van der Waals surface area contributed by atoms with Crippen LogP contribution in [0.4, 0.5) is 5.69 Å². The van der Waals surface area contributed by atoms with Crippen LogP contribution in [0.15, 0.2) is 36.4 Å². The molecule has 0 saturated carbocycles. The number of carbonyl (C=O) groups excluding carboxylic acids is 1. The third-order valence-electron chi connectivity index (χ3n) is 3.07. The van der Waals surface area contributed by atoms with Gasteiger partial charge in [0, 0.05) is 17.3 Å². The third kappa shape index (κ3) is 2.34. The maximum absolute atomic E-state index is 11.8. The Morgan fingerprint density at radius 3 is 2.47 bits per heavy atom. The molecule has 100 valence electrons. The molecular weight excluding hydrogens is 240 g/mol. The summed E-state index contributed by atoms with van der Waals surface area (Å²) in [6.07, 6.45) is 0. The van der Waals surface area contributed by atoms with Gasteiger partial charge in [-0.1, -0.05) is 18.2 Å². The van der Waals surface area contributed by atoms with E-state index in [1.165, 1.54) is 7.11 Å². The zero-order valence-electron chi connectivity index (χ0n) is 11.4. The fourth-order valence-corrected chi connectivity index (χ4v) is 2.23. The Hall–Kier alpha value is -2.23. The summed E-state index contributed by atoms with van der Waals surface area (Å²) in [7, 11) is 1.39. The molecule has 4 nitrogen and oxygen atoms in total. The van der Waals surface area contributed by atoms with Gasteiger partial charge in [-0.3, -0.25) is 0 Å². The fraction of sp³-hybridized carbons (Fsp3) is 0.267. The molecule has 0 unspecified atom stereocenters. The van der Waals surface area contributed by atoms with Gasteiger partial charge in [0.2, 0.25) is 0 Å². The topological polar surface area (TPSA) is 57.2 Å². The van der Waals surface area contributed by atoms with E-state index >= 15 is 0 Å². The van der Waals surface area contributed by atoms with Crippen molar-refractivity contribution in [2.75, 3.05) is 12.8 Å². The van der Waals surface area contributed by atoms with Gasteiger partial charge in [-0.2, -0.15) is 0 Å². The second-order valence-corrected chi connectivity index (χ2v) is 4.65. The number of benzene rings is 1. The van der Waals surface area contributed by atoms with Gasteiger partial charge in [-0.15, -0.1) is 0 Å². The minimum absolute atomic E-state index is 0.138. The summed E-state index contributed by atoms with van der Waals surface area (Å²) in [5, 5.41) is 0. The van der Waals surface area contributed by atoms with Crippen LogP contribution in [0, 0.1) is 0 Å². The van der Waals surface area contributed by atoms with Gasteiger partial charge in [0.15, 0.2) is 0 Å². The maximum Gasteiger partial charge on any atom is 0.354 e. The number of rotatable bonds is 3. The molecule has 0 radical (unpaired) electrons. The Morgan fingerprint density at radius 2 is 1.89 bits per heavy atom. The predicted molar refractivity (Wildman–Crippen MR) is 76.0 cm³/mol. The van der Waals surface area contributed by atoms with E-state index in [-0.39, 0.29) is 12.0 Å². The van der Waals surface area contributed by atoms with E-state index in [1.54, 1.807) is 6.07 Å². The van der Waals surface area contributed by atoms with Gasteiger partial charge >= 0.3 is 5.97 Å². The van der Waals surface area contributed by atoms with Crippen molar-refractivity contribution in [3.8, 4) is 11.3 Å². The molecule has 1 aromatic carbocycles. The number of nitrogens with zero attached hydrogens (tertiary/aromatic N) is 1. The van der Waals surface area contributed by atoms with Crippen molar-refractivity contribution in [1.29, 1.82) is 0 Å². The third-order valence-corrected chi connectivity index (χ3v) is 3.07. The Morgan fingerprint density at radius 1 is 1.21 bits per heavy atom. The first-order valence-electron chi connectivity index (χ1n) is 6.20. The van der Waals surface area contributed by atoms with E-state index in [1.807, 2.05) is 48.7 Å². The molecule has 4 heteroatoms. The van der Waals surface area contributed by atoms with E-state index in [4.69, 9.17) is 10.5 Å². The van der Waals surface area contributed by atoms with Gasteiger partial charge in [0.25, 0.3) is 0 Å². The average Bonchev–Trinajstić information content (AvgIpc) is 2.83. The number of carbonyl (C=O) groups is 1. The standard InChI is InChI=1S/C15H18N2O2/c1-10(2)17-13(8-9-14(17)15(18)19-3)11-6-4-5-7-12(11)16/h4-10H,16H2,1-3H3. The largest absolute Gasteiger partial charge is 0.464 e. The van der Waals surface area contributed by atoms with Crippen molar-refractivity contribution < 1.29 is 9.53 Å². The molecule has 0 atom stereocenters. The van der Waals surface area contributed by atoms with Gasteiger partial charge in [-0.05, 0) is 32.0 Å². The summed E-state index contributed by atoms with van der Waals surface area (Å²) in [5.74, 6) is -0.338. The Labute approximate surface area is 112 Å². The molecule has 0 bridgehead atoms. The molecular formula is C15H18N2O2. The van der Waals surface area contributed by atoms with Crippen molar-refractivity contribution >= 4 is 11.7 Å². The molecule has 0 aliphatic rings. The van der Waals surface area contributed by atoms with Gasteiger partial charge in [0.1, 0.15) is 5.69 Å². The number of para-hydroxylation sites is 1. The molecule has 0 saturated heterocycles. The highest BCUT2D eigenvalue weighted by Crippen LogP contribution is 2.30. The molecule has 0 aliphatic carbocycles. The first-order valence-corrected chi connectivity index (χ1v) is 6.20. The quantitative estimate of drug-likeness (QED) is 0.679. The lowest BCUT2D eigenvalue weighted by Crippen LogP contribution is -2.13. The van der Waals surface area contributed by atoms with Crippen molar-refractivity contribution in [2.45, 2.75) is 19.9 Å². The zero-order valence-corrected chi connectivity index (χ0v) is 11.4. The van der Waals surface area contributed by atoms with Gasteiger partial charge in [0.05, 0.1) is 12.8 Å². The molecule has 2 N–H and O–H groups in total. The smallest absolute Gasteiger partial charge is 0.354 e. The van der Waals surface area contributed by atoms with E-state index in [0.29, 0.717) is 11.4 Å². The summed E-state index contributed by atoms with van der Waals surface area (Å²) in [4.78, 5) is 11.8. The van der Waals surface area contributed by atoms with Gasteiger partial charge < -0.3 is 15.0 Å². The molecule has 0 aliphatic heterocycles. The Kier molecular flexibility index (Phi) is 3.60. The highest BCUT2D eigenvalue weighted by molar-refractivity contribution is 5.90.